The Morgan fingerprint density at radius 3 is 2.50 bits per heavy atom. The van der Waals surface area contributed by atoms with Crippen LogP contribution in [0, 0.1) is 0 Å². The summed E-state index contributed by atoms with van der Waals surface area (Å²) in [7, 11) is 0. The van der Waals surface area contributed by atoms with Crippen molar-refractivity contribution in [2.45, 2.75) is 25.7 Å². The summed E-state index contributed by atoms with van der Waals surface area (Å²) in [6, 6.07) is 4.35. The minimum absolute atomic E-state index is 0.127. The average Bonchev–Trinajstić information content (AvgIpc) is 2.76. The van der Waals surface area contributed by atoms with Crippen molar-refractivity contribution in [1.29, 1.82) is 0 Å². The monoisotopic (exact) mass is 304 g/mol. The first kappa shape index (κ1) is 15.7. The molecule has 3 amide bonds. The quantitative estimate of drug-likeness (QED) is 0.512. The van der Waals surface area contributed by atoms with E-state index in [1.54, 1.807) is 0 Å². The van der Waals surface area contributed by atoms with Gasteiger partial charge in [-0.15, -0.1) is 0 Å². The highest BCUT2D eigenvalue weighted by molar-refractivity contribution is 6.22. The number of amides is 3. The molecule has 0 fully saturated rings. The van der Waals surface area contributed by atoms with Crippen LogP contribution in [-0.2, 0) is 4.79 Å². The van der Waals surface area contributed by atoms with Crippen molar-refractivity contribution in [3.8, 4) is 0 Å². The summed E-state index contributed by atoms with van der Waals surface area (Å²) >= 11 is 0. The maximum Gasteiger partial charge on any atom is 0.303 e. The molecule has 2 rings (SSSR count). The van der Waals surface area contributed by atoms with Crippen LogP contribution in [0.15, 0.2) is 18.2 Å². The largest absolute Gasteiger partial charge is 0.481 e. The summed E-state index contributed by atoms with van der Waals surface area (Å²) in [5.74, 6) is -2.10. The van der Waals surface area contributed by atoms with Crippen LogP contribution in [0.2, 0.25) is 0 Å². The van der Waals surface area contributed by atoms with Gasteiger partial charge in [0.05, 0.1) is 11.1 Å². The van der Waals surface area contributed by atoms with Crippen molar-refractivity contribution in [3.05, 3.63) is 34.9 Å². The molecule has 22 heavy (non-hydrogen) atoms. The molecule has 0 saturated heterocycles. The number of aliphatic carboxylic acids is 1. The number of hydrogen-bond donors (Lipinski definition) is 3. The zero-order valence-corrected chi connectivity index (χ0v) is 11.8. The van der Waals surface area contributed by atoms with Gasteiger partial charge in [-0.3, -0.25) is 24.5 Å². The molecule has 7 nitrogen and oxygen atoms in total. The van der Waals surface area contributed by atoms with E-state index in [1.807, 2.05) is 0 Å². The van der Waals surface area contributed by atoms with E-state index in [2.05, 4.69) is 10.6 Å². The van der Waals surface area contributed by atoms with E-state index in [0.717, 1.165) is 0 Å². The third-order valence-corrected chi connectivity index (χ3v) is 3.35. The van der Waals surface area contributed by atoms with E-state index >= 15 is 0 Å². The highest BCUT2D eigenvalue weighted by atomic mass is 16.4. The van der Waals surface area contributed by atoms with Crippen LogP contribution in [0.4, 0.5) is 0 Å². The van der Waals surface area contributed by atoms with Gasteiger partial charge in [-0.25, -0.2) is 0 Å². The first-order chi connectivity index (χ1) is 10.5. The Kier molecular flexibility index (Phi) is 4.88. The molecule has 0 saturated carbocycles. The molecule has 7 heteroatoms. The molecule has 1 aromatic rings. The van der Waals surface area contributed by atoms with E-state index in [1.165, 1.54) is 18.2 Å². The van der Waals surface area contributed by atoms with Gasteiger partial charge in [-0.2, -0.15) is 0 Å². The van der Waals surface area contributed by atoms with Gasteiger partial charge < -0.3 is 10.4 Å². The number of rotatable bonds is 7. The molecule has 0 aliphatic carbocycles. The molecule has 3 N–H and O–H groups in total. The molecule has 1 heterocycles. The van der Waals surface area contributed by atoms with Gasteiger partial charge in [0.25, 0.3) is 17.7 Å². The topological polar surface area (TPSA) is 113 Å². The minimum Gasteiger partial charge on any atom is -0.481 e. The standard InChI is InChI=1S/C15H16N2O5/c18-12(19)4-2-1-3-7-16-13(20)9-5-6-10-11(8-9)15(22)17-14(10)21/h5-6,8H,1-4,7H2,(H,16,20)(H,18,19)(H,17,21,22). The third-order valence-electron chi connectivity index (χ3n) is 3.35. The summed E-state index contributed by atoms with van der Waals surface area (Å²) in [4.78, 5) is 45.2. The first-order valence-corrected chi connectivity index (χ1v) is 6.99. The number of carboxylic acids is 1. The van der Waals surface area contributed by atoms with Crippen molar-refractivity contribution < 1.29 is 24.3 Å². The molecule has 1 aliphatic heterocycles. The number of carboxylic acid groups (broad SMARTS) is 1. The van der Waals surface area contributed by atoms with E-state index < -0.39 is 17.8 Å². The number of carbonyl (C=O) groups excluding carboxylic acids is 3. The fourth-order valence-electron chi connectivity index (χ4n) is 2.19. The summed E-state index contributed by atoms with van der Waals surface area (Å²) in [6.07, 6.45) is 2.10. The van der Waals surface area contributed by atoms with E-state index in [9.17, 15) is 19.2 Å². The van der Waals surface area contributed by atoms with Gasteiger partial charge in [-0.1, -0.05) is 6.42 Å². The second-order valence-corrected chi connectivity index (χ2v) is 5.00. The maximum absolute atomic E-state index is 12.0. The second-order valence-electron chi connectivity index (χ2n) is 5.00. The van der Waals surface area contributed by atoms with Crippen molar-refractivity contribution in [2.24, 2.45) is 0 Å². The predicted molar refractivity (Wildman–Crippen MR) is 76.7 cm³/mol. The Hall–Kier alpha value is -2.70. The summed E-state index contributed by atoms with van der Waals surface area (Å²) in [6.45, 7) is 0.431. The fourth-order valence-corrected chi connectivity index (χ4v) is 2.19. The summed E-state index contributed by atoms with van der Waals surface area (Å²) < 4.78 is 0. The second kappa shape index (κ2) is 6.84. The van der Waals surface area contributed by atoms with Crippen molar-refractivity contribution in [1.82, 2.24) is 10.6 Å². The van der Waals surface area contributed by atoms with Gasteiger partial charge in [0.15, 0.2) is 0 Å². The number of nitrogens with one attached hydrogen (secondary N) is 2. The van der Waals surface area contributed by atoms with Crippen LogP contribution in [0.5, 0.6) is 0 Å². The molecule has 1 aromatic carbocycles. The van der Waals surface area contributed by atoms with Crippen molar-refractivity contribution in [3.63, 3.8) is 0 Å². The maximum atomic E-state index is 12.0. The molecule has 0 unspecified atom stereocenters. The molecular weight excluding hydrogens is 288 g/mol. The van der Waals surface area contributed by atoms with Gasteiger partial charge in [0.2, 0.25) is 0 Å². The first-order valence-electron chi connectivity index (χ1n) is 6.99. The third kappa shape index (κ3) is 3.69. The Morgan fingerprint density at radius 1 is 1.05 bits per heavy atom. The zero-order chi connectivity index (χ0) is 16.1. The van der Waals surface area contributed by atoms with Crippen molar-refractivity contribution in [2.75, 3.05) is 6.54 Å². The van der Waals surface area contributed by atoms with Gasteiger partial charge in [0.1, 0.15) is 0 Å². The van der Waals surface area contributed by atoms with Crippen LogP contribution in [0.25, 0.3) is 0 Å². The number of benzene rings is 1. The lowest BCUT2D eigenvalue weighted by Gasteiger charge is -2.05. The van der Waals surface area contributed by atoms with Crippen LogP contribution < -0.4 is 10.6 Å². The molecule has 116 valence electrons. The number of hydrogen-bond acceptors (Lipinski definition) is 4. The highest BCUT2D eigenvalue weighted by Gasteiger charge is 2.27. The Bertz CT molecular complexity index is 639. The SMILES string of the molecule is O=C(O)CCCCCNC(=O)c1ccc2c(c1)C(=O)NC2=O. The average molecular weight is 304 g/mol. The van der Waals surface area contributed by atoms with Gasteiger partial charge in [0, 0.05) is 18.5 Å². The Labute approximate surface area is 126 Å². The van der Waals surface area contributed by atoms with Crippen molar-refractivity contribution >= 4 is 23.7 Å². The smallest absolute Gasteiger partial charge is 0.303 e. The van der Waals surface area contributed by atoms with E-state index in [4.69, 9.17) is 5.11 Å². The van der Waals surface area contributed by atoms with Crippen LogP contribution in [0.1, 0.15) is 56.8 Å². The van der Waals surface area contributed by atoms with Crippen LogP contribution >= 0.6 is 0 Å². The lowest BCUT2D eigenvalue weighted by molar-refractivity contribution is -0.137. The van der Waals surface area contributed by atoms with Gasteiger partial charge in [-0.05, 0) is 31.0 Å². The fraction of sp³-hybridized carbons (Fsp3) is 0.333. The number of carbonyl (C=O) groups is 4. The Morgan fingerprint density at radius 2 is 1.77 bits per heavy atom. The van der Waals surface area contributed by atoms with Crippen LogP contribution in [-0.4, -0.2) is 35.3 Å². The highest BCUT2D eigenvalue weighted by Crippen LogP contribution is 2.17. The summed E-state index contributed by atoms with van der Waals surface area (Å²) in [5.41, 5.74) is 0.795. The molecule has 0 spiro atoms. The molecule has 0 radical (unpaired) electrons. The number of fused-ring (bicyclic) bond motifs is 1. The lowest BCUT2D eigenvalue weighted by Crippen LogP contribution is -2.24. The minimum atomic E-state index is -0.824. The summed E-state index contributed by atoms with van der Waals surface area (Å²) in [5, 5.41) is 13.4. The predicted octanol–water partition coefficient (Wildman–Crippen LogP) is 0.945. The molecule has 0 atom stereocenters. The van der Waals surface area contributed by atoms with Gasteiger partial charge >= 0.3 is 5.97 Å². The number of imide groups is 1. The lowest BCUT2D eigenvalue weighted by atomic mass is 10.1. The van der Waals surface area contributed by atoms with Crippen LogP contribution in [0.3, 0.4) is 0 Å². The van der Waals surface area contributed by atoms with E-state index in [0.29, 0.717) is 31.4 Å². The molecular formula is C15H16N2O5. The molecule has 1 aliphatic rings. The van der Waals surface area contributed by atoms with E-state index in [-0.39, 0.29) is 23.5 Å². The Balaban J connectivity index is 1.84. The number of unbranched alkanes of at least 4 members (excludes halogenated alkanes) is 2. The molecule has 0 bridgehead atoms. The zero-order valence-electron chi connectivity index (χ0n) is 11.8. The molecule has 0 aromatic heterocycles. The normalized spacial score (nSPS) is 12.7.